The van der Waals surface area contributed by atoms with Gasteiger partial charge in [0.1, 0.15) is 0 Å². The highest BCUT2D eigenvalue weighted by molar-refractivity contribution is 6.31. The van der Waals surface area contributed by atoms with Crippen molar-refractivity contribution in [3.05, 3.63) is 16.4 Å². The Morgan fingerprint density at radius 1 is 1.38 bits per heavy atom. The van der Waals surface area contributed by atoms with Gasteiger partial charge in [0, 0.05) is 13.1 Å². The average Bonchev–Trinajstić information content (AvgIpc) is 2.64. The van der Waals surface area contributed by atoms with Gasteiger partial charge in [-0.1, -0.05) is 38.8 Å². The number of hydrogen-bond donors (Lipinski definition) is 1. The van der Waals surface area contributed by atoms with Crippen molar-refractivity contribution < 1.29 is 0 Å². The van der Waals surface area contributed by atoms with E-state index in [0.717, 1.165) is 23.1 Å². The second kappa shape index (κ2) is 6.29. The molecule has 3 unspecified atom stereocenters. The minimum Gasteiger partial charge on any atom is -0.317 e. The predicted molar refractivity (Wildman–Crippen MR) is 89.8 cm³/mol. The van der Waals surface area contributed by atoms with E-state index >= 15 is 0 Å². The summed E-state index contributed by atoms with van der Waals surface area (Å²) < 4.78 is 1.96. The van der Waals surface area contributed by atoms with Crippen LogP contribution in [0.3, 0.4) is 0 Å². The van der Waals surface area contributed by atoms with Gasteiger partial charge in [-0.25, -0.2) is 0 Å². The van der Waals surface area contributed by atoms with Gasteiger partial charge in [-0.15, -0.1) is 0 Å². The summed E-state index contributed by atoms with van der Waals surface area (Å²) in [5.74, 6) is 1.52. The van der Waals surface area contributed by atoms with Crippen LogP contribution in [0.5, 0.6) is 0 Å². The Bertz CT molecular complexity index is 492. The first-order valence-corrected chi connectivity index (χ1v) is 8.49. The summed E-state index contributed by atoms with van der Waals surface area (Å²) in [5.41, 5.74) is 2.33. The predicted octanol–water partition coefficient (Wildman–Crippen LogP) is 3.97. The van der Waals surface area contributed by atoms with Crippen molar-refractivity contribution in [3.8, 4) is 0 Å². The molecule has 21 heavy (non-hydrogen) atoms. The molecule has 2 rings (SSSR count). The fourth-order valence-electron chi connectivity index (χ4n) is 4.07. The molecule has 0 amide bonds. The van der Waals surface area contributed by atoms with Crippen LogP contribution in [0.4, 0.5) is 0 Å². The third-order valence-electron chi connectivity index (χ3n) is 5.37. The van der Waals surface area contributed by atoms with E-state index in [1.165, 1.54) is 25.0 Å². The monoisotopic (exact) mass is 311 g/mol. The molecule has 1 aromatic heterocycles. The first-order valence-electron chi connectivity index (χ1n) is 8.11. The zero-order chi connectivity index (χ0) is 15.8. The maximum Gasteiger partial charge on any atom is 0.0847 e. The molecule has 1 fully saturated rings. The largest absolute Gasteiger partial charge is 0.317 e. The van der Waals surface area contributed by atoms with Crippen molar-refractivity contribution in [2.45, 2.75) is 59.4 Å². The Kier molecular flexibility index (Phi) is 5.04. The third kappa shape index (κ3) is 3.45. The lowest BCUT2D eigenvalue weighted by molar-refractivity contribution is 0.0964. The van der Waals surface area contributed by atoms with Crippen molar-refractivity contribution >= 4 is 11.6 Å². The van der Waals surface area contributed by atoms with Gasteiger partial charge in [-0.3, -0.25) is 4.68 Å². The van der Waals surface area contributed by atoms with E-state index in [1.807, 2.05) is 18.7 Å². The Morgan fingerprint density at radius 2 is 2.05 bits per heavy atom. The normalized spacial score (nSPS) is 27.1. The van der Waals surface area contributed by atoms with Crippen LogP contribution < -0.4 is 5.32 Å². The highest BCUT2D eigenvalue weighted by Gasteiger charge is 2.39. The molecule has 120 valence electrons. The fourth-order valence-corrected chi connectivity index (χ4v) is 4.30. The summed E-state index contributed by atoms with van der Waals surface area (Å²) in [6, 6.07) is 0.608. The number of aryl methyl sites for hydroxylation is 2. The molecule has 0 bridgehead atoms. The molecule has 0 aromatic carbocycles. The summed E-state index contributed by atoms with van der Waals surface area (Å²) in [6.45, 7) is 9.12. The van der Waals surface area contributed by atoms with Gasteiger partial charge in [-0.05, 0) is 50.5 Å². The minimum absolute atomic E-state index is 0.220. The molecular weight excluding hydrogens is 282 g/mol. The summed E-state index contributed by atoms with van der Waals surface area (Å²) in [6.07, 6.45) is 4.90. The van der Waals surface area contributed by atoms with Crippen molar-refractivity contribution in [2.24, 2.45) is 24.3 Å². The smallest absolute Gasteiger partial charge is 0.0847 e. The van der Waals surface area contributed by atoms with E-state index in [9.17, 15) is 0 Å². The second-order valence-corrected chi connectivity index (χ2v) is 7.93. The van der Waals surface area contributed by atoms with Crippen molar-refractivity contribution in [1.82, 2.24) is 15.1 Å². The molecule has 1 aromatic rings. The minimum atomic E-state index is 0.220. The Hall–Kier alpha value is -0.540. The molecule has 0 radical (unpaired) electrons. The SMILES string of the molecule is CNC1CC(C)CCC1C(C)(C)Cc1c(Cl)c(C)nn1C. The molecule has 4 heteroatoms. The van der Waals surface area contributed by atoms with Gasteiger partial charge < -0.3 is 5.32 Å². The van der Waals surface area contributed by atoms with Crippen LogP contribution in [0, 0.1) is 24.2 Å². The van der Waals surface area contributed by atoms with Gasteiger partial charge in [0.25, 0.3) is 0 Å². The van der Waals surface area contributed by atoms with E-state index in [0.29, 0.717) is 12.0 Å². The Balaban J connectivity index is 2.20. The topological polar surface area (TPSA) is 29.9 Å². The summed E-state index contributed by atoms with van der Waals surface area (Å²) in [5, 5.41) is 8.86. The molecular formula is C17H30ClN3. The molecule has 0 saturated heterocycles. The van der Waals surface area contributed by atoms with E-state index in [2.05, 4.69) is 38.2 Å². The van der Waals surface area contributed by atoms with Crippen LogP contribution in [-0.4, -0.2) is 22.9 Å². The van der Waals surface area contributed by atoms with Crippen LogP contribution in [0.15, 0.2) is 0 Å². The second-order valence-electron chi connectivity index (χ2n) is 7.55. The van der Waals surface area contributed by atoms with Crippen LogP contribution in [0.2, 0.25) is 5.02 Å². The molecule has 1 aliphatic rings. The number of rotatable bonds is 4. The van der Waals surface area contributed by atoms with Gasteiger partial charge in [-0.2, -0.15) is 5.10 Å². The average molecular weight is 312 g/mol. The summed E-state index contributed by atoms with van der Waals surface area (Å²) in [7, 11) is 4.11. The lowest BCUT2D eigenvalue weighted by Gasteiger charge is -2.44. The first-order chi connectivity index (χ1) is 9.76. The van der Waals surface area contributed by atoms with Crippen LogP contribution in [0.1, 0.15) is 51.4 Å². The molecule has 1 heterocycles. The third-order valence-corrected chi connectivity index (χ3v) is 5.86. The highest BCUT2D eigenvalue weighted by Crippen LogP contribution is 2.43. The number of hydrogen-bond acceptors (Lipinski definition) is 2. The Morgan fingerprint density at radius 3 is 2.57 bits per heavy atom. The van der Waals surface area contributed by atoms with E-state index < -0.39 is 0 Å². The van der Waals surface area contributed by atoms with Gasteiger partial charge in [0.05, 0.1) is 16.4 Å². The fraction of sp³-hybridized carbons (Fsp3) is 0.824. The van der Waals surface area contributed by atoms with Crippen LogP contribution in [-0.2, 0) is 13.5 Å². The summed E-state index contributed by atoms with van der Waals surface area (Å²) >= 11 is 6.45. The number of aromatic nitrogens is 2. The summed E-state index contributed by atoms with van der Waals surface area (Å²) in [4.78, 5) is 0. The van der Waals surface area contributed by atoms with Gasteiger partial charge in [0.2, 0.25) is 0 Å². The molecule has 1 N–H and O–H groups in total. The van der Waals surface area contributed by atoms with Crippen LogP contribution >= 0.6 is 11.6 Å². The zero-order valence-corrected chi connectivity index (χ0v) is 15.1. The van der Waals surface area contributed by atoms with Crippen molar-refractivity contribution in [1.29, 1.82) is 0 Å². The number of nitrogens with one attached hydrogen (secondary N) is 1. The van der Waals surface area contributed by atoms with Crippen molar-refractivity contribution in [2.75, 3.05) is 7.05 Å². The van der Waals surface area contributed by atoms with Gasteiger partial charge in [0.15, 0.2) is 0 Å². The number of nitrogens with zero attached hydrogens (tertiary/aromatic N) is 2. The van der Waals surface area contributed by atoms with E-state index in [1.54, 1.807) is 0 Å². The standard InChI is InChI=1S/C17H30ClN3/c1-11-7-8-13(14(9-11)19-5)17(3,4)10-15-16(18)12(2)20-21(15)6/h11,13-14,19H,7-10H2,1-6H3. The van der Waals surface area contributed by atoms with E-state index in [4.69, 9.17) is 11.6 Å². The lowest BCUT2D eigenvalue weighted by atomic mass is 9.64. The Labute approximate surface area is 134 Å². The maximum absolute atomic E-state index is 6.45. The molecule has 3 atom stereocenters. The quantitative estimate of drug-likeness (QED) is 0.911. The van der Waals surface area contributed by atoms with Crippen LogP contribution in [0.25, 0.3) is 0 Å². The van der Waals surface area contributed by atoms with E-state index in [-0.39, 0.29) is 5.41 Å². The zero-order valence-electron chi connectivity index (χ0n) is 14.3. The molecule has 1 aliphatic carbocycles. The van der Waals surface area contributed by atoms with Gasteiger partial charge >= 0.3 is 0 Å². The first kappa shape index (κ1) is 16.8. The maximum atomic E-state index is 6.45. The number of halogens is 1. The molecule has 1 saturated carbocycles. The molecule has 0 spiro atoms. The molecule has 3 nitrogen and oxygen atoms in total. The molecule has 0 aliphatic heterocycles. The lowest BCUT2D eigenvalue weighted by Crippen LogP contribution is -2.46. The highest BCUT2D eigenvalue weighted by atomic mass is 35.5. The van der Waals surface area contributed by atoms with Crippen molar-refractivity contribution in [3.63, 3.8) is 0 Å².